The first-order valence-electron chi connectivity index (χ1n) is 17.5. The van der Waals surface area contributed by atoms with Crippen LogP contribution in [0.25, 0.3) is 0 Å². The molecule has 0 unspecified atom stereocenters. The van der Waals surface area contributed by atoms with E-state index in [2.05, 4.69) is 17.2 Å². The molecule has 0 bridgehead atoms. The van der Waals surface area contributed by atoms with Crippen molar-refractivity contribution in [3.8, 4) is 0 Å². The van der Waals surface area contributed by atoms with E-state index in [1.54, 1.807) is 6.92 Å². The van der Waals surface area contributed by atoms with Crippen LogP contribution in [0.2, 0.25) is 0 Å². The van der Waals surface area contributed by atoms with Crippen LogP contribution in [-0.4, -0.2) is 215 Å². The summed E-state index contributed by atoms with van der Waals surface area (Å²) in [5.41, 5.74) is 0. The Bertz CT molecular complexity index is 1260. The second kappa shape index (κ2) is 20.8. The number of amides is 2. The Balaban J connectivity index is 1.85. The first kappa shape index (κ1) is 46.8. The van der Waals surface area contributed by atoms with Gasteiger partial charge in [0, 0.05) is 19.8 Å². The molecule has 3 rings (SSSR count). The van der Waals surface area contributed by atoms with Crippen molar-refractivity contribution in [2.45, 2.75) is 143 Å². The van der Waals surface area contributed by atoms with Crippen molar-refractivity contribution in [2.24, 2.45) is 0 Å². The summed E-state index contributed by atoms with van der Waals surface area (Å²) < 4.78 is 33.5. The predicted octanol–water partition coefficient (Wildman–Crippen LogP) is -7.37. The van der Waals surface area contributed by atoms with Crippen molar-refractivity contribution in [1.29, 1.82) is 0 Å². The summed E-state index contributed by atoms with van der Waals surface area (Å²) in [6, 6.07) is -2.63. The van der Waals surface area contributed by atoms with Crippen LogP contribution < -0.4 is 10.6 Å². The molecule has 23 nitrogen and oxygen atoms in total. The molecule has 0 radical (unpaired) electrons. The van der Waals surface area contributed by atoms with Crippen molar-refractivity contribution in [3.05, 3.63) is 12.7 Å². The van der Waals surface area contributed by atoms with Crippen molar-refractivity contribution in [3.63, 3.8) is 0 Å². The molecule has 3 saturated heterocycles. The monoisotopic (exact) mass is 802 g/mol. The van der Waals surface area contributed by atoms with Gasteiger partial charge in [-0.25, -0.2) is 4.79 Å². The minimum Gasteiger partial charge on any atom is -0.477 e. The molecule has 2 amide bonds. The number of nitrogens with one attached hydrogen (secondary N) is 2. The van der Waals surface area contributed by atoms with E-state index in [0.717, 1.165) is 13.0 Å². The smallest absolute Gasteiger partial charge is 0.364 e. The molecule has 3 heterocycles. The van der Waals surface area contributed by atoms with Gasteiger partial charge in [0.2, 0.25) is 11.8 Å². The fourth-order valence-corrected chi connectivity index (χ4v) is 6.38. The maximum Gasteiger partial charge on any atom is 0.364 e. The summed E-state index contributed by atoms with van der Waals surface area (Å²) in [5, 5.41) is 131. The molecule has 0 aromatic heterocycles. The number of carboxylic acid groups (broad SMARTS) is 1. The third-order valence-corrected chi connectivity index (χ3v) is 9.36. The second-order valence-corrected chi connectivity index (χ2v) is 13.5. The molecule has 14 N–H and O–H groups in total. The van der Waals surface area contributed by atoms with Gasteiger partial charge < -0.3 is 100 Å². The average molecular weight is 803 g/mol. The zero-order valence-electron chi connectivity index (χ0n) is 30.1. The molecule has 3 fully saturated rings. The molecule has 0 saturated carbocycles. The maximum atomic E-state index is 12.7. The number of ether oxygens (including phenoxy) is 6. The maximum absolute atomic E-state index is 12.7. The minimum atomic E-state index is -3.07. The summed E-state index contributed by atoms with van der Waals surface area (Å²) in [4.78, 5) is 36.8. The Morgan fingerprint density at radius 1 is 0.927 bits per heavy atom. The topological polar surface area (TPSA) is 373 Å². The number of aliphatic hydroxyl groups excluding tert-OH is 11. The van der Waals surface area contributed by atoms with Gasteiger partial charge in [0.15, 0.2) is 12.6 Å². The van der Waals surface area contributed by atoms with Gasteiger partial charge in [-0.15, -0.1) is 6.58 Å². The van der Waals surface area contributed by atoms with E-state index in [9.17, 15) is 75.7 Å². The Hall–Kier alpha value is -2.53. The number of carboxylic acids is 1. The number of carbonyl (C=O) groups is 3. The summed E-state index contributed by atoms with van der Waals surface area (Å²) >= 11 is 0. The average Bonchev–Trinajstić information content (AvgIpc) is 3.14. The van der Waals surface area contributed by atoms with Gasteiger partial charge in [-0.2, -0.15) is 0 Å². The molecular weight excluding hydrogens is 748 g/mol. The zero-order chi connectivity index (χ0) is 41.4. The van der Waals surface area contributed by atoms with Crippen LogP contribution in [0.15, 0.2) is 12.7 Å². The highest BCUT2D eigenvalue weighted by Crippen LogP contribution is 2.38. The lowest BCUT2D eigenvalue weighted by Crippen LogP contribution is -2.70. The van der Waals surface area contributed by atoms with E-state index in [1.807, 2.05) is 0 Å². The Morgan fingerprint density at radius 3 is 2.11 bits per heavy atom. The van der Waals surface area contributed by atoms with Crippen LogP contribution in [0.5, 0.6) is 0 Å². The van der Waals surface area contributed by atoms with Crippen LogP contribution in [0, 0.1) is 0 Å². The highest BCUT2D eigenvalue weighted by molar-refractivity contribution is 5.77. The standard InChI is InChI=1S/C32H54N2O21/c1-4-6-19(42)34-13(14(39)5-2)11-50-29-24(46)23(45)26(18(10-37)52-29)53-30-25(47)28(22(44)17(9-36)51-30)55-32(31(48)49)7-15(40)20(33-12(3)38)27(54-32)21(43)16(41)8-35/h5,13-18,20-30,35-37,39-41,43-47H,2,4,6-11H2,1,3H3,(H,33,38)(H,34,42)(H,48,49)/t13-,14+,15-,16+,17+,18+,20+,21+,22-,23+,24+,25+,26+,27+,28-,29+,30-,32-/m0/s1. The second-order valence-electron chi connectivity index (χ2n) is 13.5. The number of rotatable bonds is 19. The quantitative estimate of drug-likeness (QED) is 0.0539. The van der Waals surface area contributed by atoms with E-state index in [1.165, 1.54) is 0 Å². The minimum absolute atomic E-state index is 0.131. The lowest BCUT2D eigenvalue weighted by atomic mass is 9.88. The third kappa shape index (κ3) is 11.1. The molecule has 18 atom stereocenters. The fraction of sp³-hybridized carbons (Fsp3) is 0.844. The molecule has 0 spiro atoms. The molecule has 3 aliphatic rings. The van der Waals surface area contributed by atoms with Gasteiger partial charge in [0.05, 0.1) is 50.7 Å². The fourth-order valence-electron chi connectivity index (χ4n) is 6.38. The van der Waals surface area contributed by atoms with Gasteiger partial charge in [-0.1, -0.05) is 13.0 Å². The van der Waals surface area contributed by atoms with E-state index in [-0.39, 0.29) is 6.42 Å². The third-order valence-electron chi connectivity index (χ3n) is 9.36. The lowest BCUT2D eigenvalue weighted by molar-refractivity contribution is -0.386. The summed E-state index contributed by atoms with van der Waals surface area (Å²) in [6.07, 6.45) is -27.8. The molecule has 23 heteroatoms. The number of hydrogen-bond acceptors (Lipinski definition) is 20. The summed E-state index contributed by atoms with van der Waals surface area (Å²) in [7, 11) is 0. The first-order chi connectivity index (χ1) is 25.9. The van der Waals surface area contributed by atoms with Crippen molar-refractivity contribution in [2.75, 3.05) is 26.4 Å². The van der Waals surface area contributed by atoms with Crippen LogP contribution in [-0.2, 0) is 42.8 Å². The SMILES string of the molecule is C=C[C@@H](O)[C@H](CO[C@@H]1O[C@H](CO)[C@@H](O[C@@H]2O[C@H](CO)[C@H](O)[C@H](O[C@]3(C(=O)O)C[C@H](O)[C@@H](NC(C)=O)[C@H]([C@H](O)[C@H](O)CO)O3)[C@H]2O)[C@H](O)[C@H]1O)NC(=O)CCC. The molecular formula is C32H54N2O21. The zero-order valence-corrected chi connectivity index (χ0v) is 30.1. The normalized spacial score (nSPS) is 39.0. The molecule has 55 heavy (non-hydrogen) atoms. The Labute approximate surface area is 314 Å². The van der Waals surface area contributed by atoms with Gasteiger partial charge in [0.1, 0.15) is 67.1 Å². The van der Waals surface area contributed by atoms with Crippen molar-refractivity contribution >= 4 is 17.8 Å². The molecule has 0 aromatic rings. The van der Waals surface area contributed by atoms with Gasteiger partial charge in [-0.05, 0) is 6.42 Å². The molecule has 318 valence electrons. The van der Waals surface area contributed by atoms with E-state index >= 15 is 0 Å². The van der Waals surface area contributed by atoms with Gasteiger partial charge in [-0.3, -0.25) is 9.59 Å². The number of carbonyl (C=O) groups excluding carboxylic acids is 2. The van der Waals surface area contributed by atoms with E-state index in [0.29, 0.717) is 6.42 Å². The predicted molar refractivity (Wildman–Crippen MR) is 177 cm³/mol. The van der Waals surface area contributed by atoms with Gasteiger partial charge in [0.25, 0.3) is 5.79 Å². The Morgan fingerprint density at radius 2 is 1.56 bits per heavy atom. The first-order valence-corrected chi connectivity index (χ1v) is 17.5. The van der Waals surface area contributed by atoms with Crippen LogP contribution in [0.1, 0.15) is 33.1 Å². The molecule has 3 aliphatic heterocycles. The summed E-state index contributed by atoms with van der Waals surface area (Å²) in [5.74, 6) is -6.25. The molecule has 0 aliphatic carbocycles. The van der Waals surface area contributed by atoms with Crippen molar-refractivity contribution < 1.29 is 104 Å². The van der Waals surface area contributed by atoms with Crippen molar-refractivity contribution in [1.82, 2.24) is 10.6 Å². The molecule has 0 aromatic carbocycles. The Kier molecular flexibility index (Phi) is 17.7. The van der Waals surface area contributed by atoms with Gasteiger partial charge >= 0.3 is 5.97 Å². The largest absolute Gasteiger partial charge is 0.477 e. The van der Waals surface area contributed by atoms with Crippen LogP contribution in [0.4, 0.5) is 0 Å². The number of aliphatic hydroxyl groups is 11. The van der Waals surface area contributed by atoms with Crippen LogP contribution in [0.3, 0.4) is 0 Å². The van der Waals surface area contributed by atoms with Crippen LogP contribution >= 0.6 is 0 Å². The summed E-state index contributed by atoms with van der Waals surface area (Å²) in [6.45, 7) is 2.80. The van der Waals surface area contributed by atoms with E-state index < -0.39 is 160 Å². The highest BCUT2D eigenvalue weighted by atomic mass is 16.8. The number of aliphatic carboxylic acids is 1. The van der Waals surface area contributed by atoms with E-state index in [4.69, 9.17) is 28.4 Å². The highest BCUT2D eigenvalue weighted by Gasteiger charge is 2.60. The number of hydrogen-bond donors (Lipinski definition) is 14. The lowest BCUT2D eigenvalue weighted by Gasteiger charge is -2.50.